The summed E-state index contributed by atoms with van der Waals surface area (Å²) < 4.78 is 39.8. The lowest BCUT2D eigenvalue weighted by Crippen LogP contribution is -2.16. The van der Waals surface area contributed by atoms with E-state index in [1.165, 1.54) is 43.2 Å². The van der Waals surface area contributed by atoms with Crippen molar-refractivity contribution in [2.24, 2.45) is 0 Å². The minimum absolute atomic E-state index is 0.0843. The fourth-order valence-corrected chi connectivity index (χ4v) is 4.19. The van der Waals surface area contributed by atoms with Gasteiger partial charge in [0, 0.05) is 18.2 Å². The Bertz CT molecular complexity index is 842. The number of nitrogens with zero attached hydrogens (tertiary/aromatic N) is 3. The van der Waals surface area contributed by atoms with Crippen molar-refractivity contribution in [3.8, 4) is 0 Å². The maximum absolute atomic E-state index is 12.6. The molecule has 3 rings (SSSR count). The summed E-state index contributed by atoms with van der Waals surface area (Å²) >= 11 is 1.26. The number of rotatable bonds is 7. The molecule has 1 saturated carbocycles. The van der Waals surface area contributed by atoms with Crippen molar-refractivity contribution < 1.29 is 18.0 Å². The number of hydrogen-bond acceptors (Lipinski definition) is 4. The summed E-state index contributed by atoms with van der Waals surface area (Å²) in [5, 5.41) is 11.9. The summed E-state index contributed by atoms with van der Waals surface area (Å²) in [5.41, 5.74) is -0.434. The summed E-state index contributed by atoms with van der Waals surface area (Å²) in [6, 6.07) is 4.37. The lowest BCUT2D eigenvalue weighted by Gasteiger charge is -2.21. The first-order valence-corrected chi connectivity index (χ1v) is 10.5. The first kappa shape index (κ1) is 21.4. The zero-order valence-corrected chi connectivity index (χ0v) is 16.7. The maximum atomic E-state index is 12.6. The normalized spacial score (nSPS) is 15.3. The Labute approximate surface area is 171 Å². The zero-order valence-electron chi connectivity index (χ0n) is 15.9. The summed E-state index contributed by atoms with van der Waals surface area (Å²) in [4.78, 5) is 12.2. The van der Waals surface area contributed by atoms with Gasteiger partial charge in [0.1, 0.15) is 5.82 Å². The highest BCUT2D eigenvalue weighted by Crippen LogP contribution is 2.33. The average Bonchev–Trinajstić information content (AvgIpc) is 3.10. The van der Waals surface area contributed by atoms with Gasteiger partial charge in [0.15, 0.2) is 5.16 Å². The van der Waals surface area contributed by atoms with E-state index in [0.29, 0.717) is 23.3 Å². The van der Waals surface area contributed by atoms with E-state index in [4.69, 9.17) is 0 Å². The van der Waals surface area contributed by atoms with Crippen LogP contribution in [0.1, 0.15) is 49.4 Å². The van der Waals surface area contributed by atoms with Gasteiger partial charge >= 0.3 is 6.18 Å². The van der Waals surface area contributed by atoms with Crippen LogP contribution in [0.3, 0.4) is 0 Å². The third kappa shape index (κ3) is 5.62. The summed E-state index contributed by atoms with van der Waals surface area (Å²) in [6.07, 6.45) is 3.18. The van der Waals surface area contributed by atoms with Crippen LogP contribution in [-0.4, -0.2) is 26.4 Å². The van der Waals surface area contributed by atoms with Gasteiger partial charge in [-0.2, -0.15) is 13.2 Å². The quantitative estimate of drug-likeness (QED) is 0.486. The topological polar surface area (TPSA) is 59.8 Å². The number of amides is 1. The molecule has 1 heterocycles. The fourth-order valence-electron chi connectivity index (χ4n) is 3.44. The minimum atomic E-state index is -4.40. The zero-order chi connectivity index (χ0) is 20.9. The molecule has 1 amide bonds. The van der Waals surface area contributed by atoms with Gasteiger partial charge in [-0.3, -0.25) is 4.79 Å². The standard InChI is InChI=1S/C20H23F3N4OS/c1-2-12-27-18(14-6-4-3-5-7-14)25-26-19(27)29-13-17(28)24-16-10-8-15(9-11-16)20(21,22)23/h2,8-11,14H,1,3-7,12-13H2,(H,24,28). The van der Waals surface area contributed by atoms with Crippen molar-refractivity contribution in [2.75, 3.05) is 11.1 Å². The predicted molar refractivity (Wildman–Crippen MR) is 107 cm³/mol. The van der Waals surface area contributed by atoms with Crippen LogP contribution in [0, 0.1) is 0 Å². The van der Waals surface area contributed by atoms with Crippen molar-refractivity contribution >= 4 is 23.4 Å². The van der Waals surface area contributed by atoms with Crippen molar-refractivity contribution in [1.29, 1.82) is 0 Å². The fraction of sp³-hybridized carbons (Fsp3) is 0.450. The molecule has 1 aromatic carbocycles. The van der Waals surface area contributed by atoms with Gasteiger partial charge in [0.05, 0.1) is 11.3 Å². The molecule has 9 heteroatoms. The molecule has 1 N–H and O–H groups in total. The van der Waals surface area contributed by atoms with Crippen LogP contribution < -0.4 is 5.32 Å². The van der Waals surface area contributed by atoms with Gasteiger partial charge in [-0.25, -0.2) is 0 Å². The summed E-state index contributed by atoms with van der Waals surface area (Å²) in [7, 11) is 0. The molecule has 1 fully saturated rings. The third-order valence-corrected chi connectivity index (χ3v) is 5.82. The van der Waals surface area contributed by atoms with Gasteiger partial charge in [-0.15, -0.1) is 16.8 Å². The number of aromatic nitrogens is 3. The number of allylic oxidation sites excluding steroid dienone is 1. The largest absolute Gasteiger partial charge is 0.416 e. The van der Waals surface area contributed by atoms with E-state index >= 15 is 0 Å². The van der Waals surface area contributed by atoms with E-state index in [-0.39, 0.29) is 11.7 Å². The van der Waals surface area contributed by atoms with Crippen molar-refractivity contribution in [3.05, 3.63) is 48.3 Å². The Hall–Kier alpha value is -2.29. The molecular formula is C20H23F3N4OS. The number of carbonyl (C=O) groups excluding carboxylic acids is 1. The highest BCUT2D eigenvalue weighted by Gasteiger charge is 2.30. The lowest BCUT2D eigenvalue weighted by atomic mass is 9.89. The molecule has 1 aromatic heterocycles. The number of thioether (sulfide) groups is 1. The van der Waals surface area contributed by atoms with Crippen molar-refractivity contribution in [2.45, 2.75) is 55.9 Å². The molecule has 156 valence electrons. The molecule has 0 saturated heterocycles. The number of alkyl halides is 3. The number of halogens is 3. The molecule has 0 bridgehead atoms. The minimum Gasteiger partial charge on any atom is -0.325 e. The number of carbonyl (C=O) groups is 1. The van der Waals surface area contributed by atoms with Crippen LogP contribution in [-0.2, 0) is 17.5 Å². The molecule has 29 heavy (non-hydrogen) atoms. The van der Waals surface area contributed by atoms with Crippen molar-refractivity contribution in [1.82, 2.24) is 14.8 Å². The predicted octanol–water partition coefficient (Wildman–Crippen LogP) is 5.26. The van der Waals surface area contributed by atoms with Crippen LogP contribution in [0.15, 0.2) is 42.1 Å². The molecule has 1 aliphatic carbocycles. The van der Waals surface area contributed by atoms with E-state index < -0.39 is 11.7 Å². The first-order chi connectivity index (χ1) is 13.9. The van der Waals surface area contributed by atoms with Gasteiger partial charge in [0.2, 0.25) is 5.91 Å². The molecular weight excluding hydrogens is 401 g/mol. The van der Waals surface area contributed by atoms with E-state index in [1.54, 1.807) is 6.08 Å². The summed E-state index contributed by atoms with van der Waals surface area (Å²) in [6.45, 7) is 4.36. The molecule has 2 aromatic rings. The van der Waals surface area contributed by atoms with Gasteiger partial charge in [-0.05, 0) is 37.1 Å². The molecule has 0 unspecified atom stereocenters. The maximum Gasteiger partial charge on any atom is 0.416 e. The Morgan fingerprint density at radius 3 is 2.52 bits per heavy atom. The van der Waals surface area contributed by atoms with Crippen LogP contribution >= 0.6 is 11.8 Å². The van der Waals surface area contributed by atoms with Gasteiger partial charge < -0.3 is 9.88 Å². The second kappa shape index (κ2) is 9.47. The number of benzene rings is 1. The Morgan fingerprint density at radius 2 is 1.90 bits per heavy atom. The SMILES string of the molecule is C=CCn1c(SCC(=O)Nc2ccc(C(F)(F)F)cc2)nnc1C1CCCCC1. The molecule has 0 aliphatic heterocycles. The number of hydrogen-bond donors (Lipinski definition) is 1. The molecule has 0 atom stereocenters. The van der Waals surface area contributed by atoms with E-state index in [9.17, 15) is 18.0 Å². The Morgan fingerprint density at radius 1 is 1.21 bits per heavy atom. The molecule has 5 nitrogen and oxygen atoms in total. The molecule has 0 radical (unpaired) electrons. The van der Waals surface area contributed by atoms with Gasteiger partial charge in [0.25, 0.3) is 0 Å². The smallest absolute Gasteiger partial charge is 0.325 e. The van der Waals surface area contributed by atoms with E-state index in [0.717, 1.165) is 30.8 Å². The summed E-state index contributed by atoms with van der Waals surface area (Å²) in [5.74, 6) is 1.09. The lowest BCUT2D eigenvalue weighted by molar-refractivity contribution is -0.137. The second-order valence-corrected chi connectivity index (χ2v) is 7.93. The Balaban J connectivity index is 1.61. The second-order valence-electron chi connectivity index (χ2n) is 6.99. The highest BCUT2D eigenvalue weighted by molar-refractivity contribution is 7.99. The van der Waals surface area contributed by atoms with E-state index in [2.05, 4.69) is 22.1 Å². The highest BCUT2D eigenvalue weighted by atomic mass is 32.2. The average molecular weight is 424 g/mol. The number of anilines is 1. The van der Waals surface area contributed by atoms with Gasteiger partial charge in [-0.1, -0.05) is 37.1 Å². The van der Waals surface area contributed by atoms with Crippen LogP contribution in [0.2, 0.25) is 0 Å². The van der Waals surface area contributed by atoms with E-state index in [1.807, 2.05) is 4.57 Å². The third-order valence-electron chi connectivity index (χ3n) is 4.86. The molecule has 0 spiro atoms. The van der Waals surface area contributed by atoms with Crippen molar-refractivity contribution in [3.63, 3.8) is 0 Å². The van der Waals surface area contributed by atoms with Crippen LogP contribution in [0.4, 0.5) is 18.9 Å². The monoisotopic (exact) mass is 424 g/mol. The van der Waals surface area contributed by atoms with Crippen LogP contribution in [0.5, 0.6) is 0 Å². The van der Waals surface area contributed by atoms with Crippen LogP contribution in [0.25, 0.3) is 0 Å². The Kier molecular flexibility index (Phi) is 7.00. The number of nitrogens with one attached hydrogen (secondary N) is 1. The first-order valence-electron chi connectivity index (χ1n) is 9.52. The molecule has 1 aliphatic rings.